The summed E-state index contributed by atoms with van der Waals surface area (Å²) in [6, 6.07) is 1.25. The van der Waals surface area contributed by atoms with E-state index in [0.717, 1.165) is 20.2 Å². The molecule has 0 atom stereocenters. The van der Waals surface area contributed by atoms with Crippen molar-refractivity contribution in [1.82, 2.24) is 33.0 Å². The molecular formula is C25H31N7O6S2. The van der Waals surface area contributed by atoms with Crippen molar-refractivity contribution in [2.24, 2.45) is 14.1 Å². The van der Waals surface area contributed by atoms with E-state index >= 15 is 0 Å². The highest BCUT2D eigenvalue weighted by Gasteiger charge is 2.54. The number of fused-ring (bicyclic) bond motifs is 1. The normalized spacial score (nSPS) is 14.9. The van der Waals surface area contributed by atoms with E-state index in [1.165, 1.54) is 10.6 Å². The first-order valence-corrected chi connectivity index (χ1v) is 14.9. The van der Waals surface area contributed by atoms with Crippen molar-refractivity contribution in [1.29, 1.82) is 0 Å². The van der Waals surface area contributed by atoms with Crippen LogP contribution in [0.5, 0.6) is 0 Å². The Balaban J connectivity index is 1.69. The van der Waals surface area contributed by atoms with Gasteiger partial charge in [0.1, 0.15) is 14.6 Å². The van der Waals surface area contributed by atoms with E-state index in [2.05, 4.69) is 10.2 Å². The standard InChI is InChI=1S/C25H31N7O6S2/c1-24(2,3)38-23(35)32(25(4)7-8-25)40(36,37)19-9-18-20(33)30(14-16-10-26-28(5)12-16)22(34)31(21(18)39-19)15-17-11-27-29(6)13-17/h9-13H,7-8,14-15H2,1-6H3. The minimum atomic E-state index is -4.43. The van der Waals surface area contributed by atoms with E-state index in [9.17, 15) is 22.8 Å². The lowest BCUT2D eigenvalue weighted by Gasteiger charge is -2.30. The Morgan fingerprint density at radius 3 is 2.08 bits per heavy atom. The van der Waals surface area contributed by atoms with Crippen LogP contribution < -0.4 is 11.2 Å². The molecule has 40 heavy (non-hydrogen) atoms. The van der Waals surface area contributed by atoms with Gasteiger partial charge in [-0.2, -0.15) is 22.9 Å². The van der Waals surface area contributed by atoms with Gasteiger partial charge in [0.25, 0.3) is 15.6 Å². The van der Waals surface area contributed by atoms with Gasteiger partial charge in [0.15, 0.2) is 0 Å². The summed E-state index contributed by atoms with van der Waals surface area (Å²) in [4.78, 5) is 40.7. The number of aromatic nitrogens is 6. The molecule has 0 saturated heterocycles. The smallest absolute Gasteiger partial charge is 0.424 e. The van der Waals surface area contributed by atoms with Gasteiger partial charge in [-0.05, 0) is 46.6 Å². The summed E-state index contributed by atoms with van der Waals surface area (Å²) in [5.41, 5.74) is -1.76. The molecule has 4 heterocycles. The van der Waals surface area contributed by atoms with Crippen molar-refractivity contribution < 1.29 is 17.9 Å². The van der Waals surface area contributed by atoms with Crippen LogP contribution in [0.3, 0.4) is 0 Å². The van der Waals surface area contributed by atoms with Crippen LogP contribution in [0.2, 0.25) is 0 Å². The number of amides is 1. The van der Waals surface area contributed by atoms with Gasteiger partial charge in [-0.25, -0.2) is 9.59 Å². The third kappa shape index (κ3) is 5.10. The fourth-order valence-electron chi connectivity index (χ4n) is 4.44. The molecule has 4 aromatic heterocycles. The predicted molar refractivity (Wildman–Crippen MR) is 148 cm³/mol. The number of sulfonamides is 1. The average molecular weight is 590 g/mol. The Kier molecular flexibility index (Phi) is 6.57. The molecule has 0 spiro atoms. The zero-order valence-corrected chi connectivity index (χ0v) is 24.7. The molecular weight excluding hydrogens is 558 g/mol. The molecule has 0 bridgehead atoms. The van der Waals surface area contributed by atoms with Crippen LogP contribution in [0.15, 0.2) is 44.7 Å². The molecule has 1 fully saturated rings. The highest BCUT2D eigenvalue weighted by molar-refractivity contribution is 7.92. The molecule has 0 radical (unpaired) electrons. The molecule has 0 aliphatic heterocycles. The Morgan fingerprint density at radius 1 is 1.05 bits per heavy atom. The zero-order valence-electron chi connectivity index (χ0n) is 23.1. The minimum absolute atomic E-state index is 0.0471. The molecule has 13 nitrogen and oxygen atoms in total. The highest BCUT2D eigenvalue weighted by Crippen LogP contribution is 2.46. The second-order valence-corrected chi connectivity index (χ2v) is 14.4. The van der Waals surface area contributed by atoms with Crippen molar-refractivity contribution in [3.05, 3.63) is 62.8 Å². The zero-order chi connectivity index (χ0) is 29.2. The van der Waals surface area contributed by atoms with Crippen LogP contribution in [0.4, 0.5) is 4.79 Å². The Labute approximate surface area is 234 Å². The molecule has 4 aromatic rings. The van der Waals surface area contributed by atoms with Gasteiger partial charge >= 0.3 is 11.8 Å². The number of thiophene rings is 1. The van der Waals surface area contributed by atoms with Crippen molar-refractivity contribution >= 4 is 37.7 Å². The maximum atomic E-state index is 14.0. The first kappa shape index (κ1) is 27.8. The second kappa shape index (κ2) is 9.44. The van der Waals surface area contributed by atoms with Crippen LogP contribution in [-0.4, -0.2) is 58.7 Å². The van der Waals surface area contributed by atoms with Gasteiger partial charge in [0.2, 0.25) is 0 Å². The van der Waals surface area contributed by atoms with Crippen LogP contribution in [-0.2, 0) is 41.9 Å². The van der Waals surface area contributed by atoms with Crippen LogP contribution in [0.1, 0.15) is 51.7 Å². The quantitative estimate of drug-likeness (QED) is 0.319. The Bertz CT molecular complexity index is 1850. The fourth-order valence-corrected chi connectivity index (χ4v) is 7.64. The number of hydrogen-bond acceptors (Lipinski definition) is 9. The highest BCUT2D eigenvalue weighted by atomic mass is 32.2. The summed E-state index contributed by atoms with van der Waals surface area (Å²) in [6.45, 7) is 6.67. The Morgan fingerprint density at radius 2 is 1.60 bits per heavy atom. The van der Waals surface area contributed by atoms with Crippen LogP contribution in [0, 0.1) is 0 Å². The fraction of sp³-hybridized carbons (Fsp3) is 0.480. The topological polar surface area (TPSA) is 143 Å². The molecule has 1 saturated carbocycles. The molecule has 1 aliphatic rings. The molecule has 1 aliphatic carbocycles. The number of aryl methyl sites for hydroxylation is 2. The van der Waals surface area contributed by atoms with Gasteiger partial charge in [-0.15, -0.1) is 11.3 Å². The molecule has 0 unspecified atom stereocenters. The van der Waals surface area contributed by atoms with Crippen molar-refractivity contribution in [2.45, 2.75) is 69.0 Å². The summed E-state index contributed by atoms with van der Waals surface area (Å²) in [5, 5.41) is 8.32. The van der Waals surface area contributed by atoms with E-state index in [0.29, 0.717) is 24.0 Å². The SMILES string of the molecule is Cn1cc(Cn2c(=O)c3cc(S(=O)(=O)N(C(=O)OC(C)(C)C)C4(C)CC4)sc3n(Cc3cnn(C)c3)c2=O)cn1. The Hall–Kier alpha value is -3.72. The number of carbonyl (C=O) groups excluding carboxylic acids is 1. The van der Waals surface area contributed by atoms with Gasteiger partial charge in [0.05, 0.1) is 36.4 Å². The van der Waals surface area contributed by atoms with Crippen LogP contribution in [0.25, 0.3) is 10.2 Å². The lowest BCUT2D eigenvalue weighted by molar-refractivity contribution is 0.0332. The van der Waals surface area contributed by atoms with Gasteiger partial charge in [-0.3, -0.25) is 23.3 Å². The first-order valence-electron chi connectivity index (χ1n) is 12.6. The third-order valence-corrected chi connectivity index (χ3v) is 10.1. The maximum Gasteiger partial charge on any atom is 0.424 e. The first-order chi connectivity index (χ1) is 18.6. The lowest BCUT2D eigenvalue weighted by atomic mass is 10.2. The molecule has 15 heteroatoms. The van der Waals surface area contributed by atoms with Gasteiger partial charge in [0, 0.05) is 37.6 Å². The van der Waals surface area contributed by atoms with Crippen LogP contribution >= 0.6 is 11.3 Å². The average Bonchev–Trinajstić information content (AvgIpc) is 3.21. The summed E-state index contributed by atoms with van der Waals surface area (Å²) < 4.78 is 39.6. The monoisotopic (exact) mass is 589 g/mol. The minimum Gasteiger partial charge on any atom is -0.443 e. The molecule has 214 valence electrons. The van der Waals surface area contributed by atoms with E-state index in [4.69, 9.17) is 4.74 Å². The van der Waals surface area contributed by atoms with Gasteiger partial charge < -0.3 is 4.74 Å². The summed E-state index contributed by atoms with van der Waals surface area (Å²) >= 11 is 0.781. The van der Waals surface area contributed by atoms with E-state index < -0.39 is 38.5 Å². The number of nitrogens with zero attached hydrogens (tertiary/aromatic N) is 7. The largest absolute Gasteiger partial charge is 0.443 e. The van der Waals surface area contributed by atoms with Crippen molar-refractivity contribution in [3.8, 4) is 0 Å². The number of ether oxygens (including phenoxy) is 1. The second-order valence-electron chi connectivity index (χ2n) is 11.3. The summed E-state index contributed by atoms with van der Waals surface area (Å²) in [5.74, 6) is 0. The third-order valence-electron chi connectivity index (χ3n) is 6.59. The molecule has 1 amide bonds. The van der Waals surface area contributed by atoms with Gasteiger partial charge in [-0.1, -0.05) is 0 Å². The lowest BCUT2D eigenvalue weighted by Crippen LogP contribution is -2.47. The molecule has 0 aromatic carbocycles. The van der Waals surface area contributed by atoms with E-state index in [1.54, 1.807) is 75.9 Å². The van der Waals surface area contributed by atoms with E-state index in [-0.39, 0.29) is 27.5 Å². The summed E-state index contributed by atoms with van der Waals surface area (Å²) in [7, 11) is -0.963. The number of carbonyl (C=O) groups is 1. The number of rotatable bonds is 7. The molecule has 5 rings (SSSR count). The molecule has 0 N–H and O–H groups in total. The van der Waals surface area contributed by atoms with Crippen molar-refractivity contribution in [2.75, 3.05) is 0 Å². The van der Waals surface area contributed by atoms with Crippen molar-refractivity contribution in [3.63, 3.8) is 0 Å². The predicted octanol–water partition coefficient (Wildman–Crippen LogP) is 2.27. The van der Waals surface area contributed by atoms with E-state index in [1.807, 2.05) is 0 Å². The number of hydrogen-bond donors (Lipinski definition) is 0. The summed E-state index contributed by atoms with van der Waals surface area (Å²) in [6.07, 6.45) is 6.57. The maximum absolute atomic E-state index is 14.0.